The zero-order chi connectivity index (χ0) is 16.5. The van der Waals surface area contributed by atoms with E-state index < -0.39 is 0 Å². The first-order valence-corrected chi connectivity index (χ1v) is 8.87. The first kappa shape index (κ1) is 15.4. The number of thioether (sulfide) groups is 1. The zero-order valence-electron chi connectivity index (χ0n) is 12.6. The molecule has 2 aromatic heterocycles. The van der Waals surface area contributed by atoms with Crippen LogP contribution in [0.3, 0.4) is 0 Å². The average Bonchev–Trinajstić information content (AvgIpc) is 3.04. The summed E-state index contributed by atoms with van der Waals surface area (Å²) in [7, 11) is 0. The average molecular weight is 361 g/mol. The summed E-state index contributed by atoms with van der Waals surface area (Å²) in [5.74, 6) is 2.67. The molecule has 0 saturated carbocycles. The molecule has 5 nitrogen and oxygen atoms in total. The van der Waals surface area contributed by atoms with E-state index in [1.807, 2.05) is 30.3 Å². The summed E-state index contributed by atoms with van der Waals surface area (Å²) in [6, 6.07) is 10.9. The van der Waals surface area contributed by atoms with Gasteiger partial charge in [-0.1, -0.05) is 17.7 Å². The number of rotatable bonds is 4. The van der Waals surface area contributed by atoms with Crippen molar-refractivity contribution in [2.24, 2.45) is 0 Å². The van der Waals surface area contributed by atoms with Crippen LogP contribution in [0.5, 0.6) is 11.5 Å². The topological polar surface area (TPSA) is 52.8 Å². The van der Waals surface area contributed by atoms with Crippen LogP contribution in [-0.2, 0) is 11.5 Å². The summed E-state index contributed by atoms with van der Waals surface area (Å²) in [5, 5.41) is 0.558. The summed E-state index contributed by atoms with van der Waals surface area (Å²) in [6.07, 6.45) is 1.72. The van der Waals surface area contributed by atoms with E-state index in [4.69, 9.17) is 21.1 Å². The van der Waals surface area contributed by atoms with Crippen LogP contribution in [0.2, 0.25) is 5.02 Å². The Balaban J connectivity index is 1.48. The van der Waals surface area contributed by atoms with Crippen molar-refractivity contribution < 1.29 is 9.47 Å². The number of ether oxygens (including phenoxy) is 2. The Morgan fingerprint density at radius 1 is 1.21 bits per heavy atom. The van der Waals surface area contributed by atoms with E-state index in [9.17, 15) is 4.79 Å². The fourth-order valence-electron chi connectivity index (χ4n) is 2.55. The third-order valence-electron chi connectivity index (χ3n) is 3.63. The van der Waals surface area contributed by atoms with Crippen molar-refractivity contribution in [3.8, 4) is 11.5 Å². The van der Waals surface area contributed by atoms with Gasteiger partial charge in [-0.05, 0) is 29.8 Å². The predicted octanol–water partition coefficient (Wildman–Crippen LogP) is 3.51. The van der Waals surface area contributed by atoms with Crippen LogP contribution in [0.1, 0.15) is 11.3 Å². The Morgan fingerprint density at radius 3 is 3.04 bits per heavy atom. The number of hydrogen-bond donors (Lipinski definition) is 0. The van der Waals surface area contributed by atoms with Crippen LogP contribution < -0.4 is 15.0 Å². The number of benzene rings is 1. The van der Waals surface area contributed by atoms with Crippen LogP contribution in [-0.4, -0.2) is 16.2 Å². The molecule has 0 N–H and O–H groups in total. The van der Waals surface area contributed by atoms with Crippen molar-refractivity contribution in [3.63, 3.8) is 0 Å². The van der Waals surface area contributed by atoms with Crippen molar-refractivity contribution in [2.45, 2.75) is 11.5 Å². The molecule has 0 atom stereocenters. The highest BCUT2D eigenvalue weighted by Crippen LogP contribution is 2.40. The molecular weight excluding hydrogens is 348 g/mol. The summed E-state index contributed by atoms with van der Waals surface area (Å²) < 4.78 is 12.2. The first-order valence-electron chi connectivity index (χ1n) is 7.34. The second-order valence-corrected chi connectivity index (χ2v) is 6.71. The minimum absolute atomic E-state index is 0.0673. The minimum atomic E-state index is -0.0673. The minimum Gasteiger partial charge on any atom is -0.454 e. The van der Waals surface area contributed by atoms with Gasteiger partial charge in [0.25, 0.3) is 5.56 Å². The third-order valence-corrected chi connectivity index (χ3v) is 4.95. The van der Waals surface area contributed by atoms with Gasteiger partial charge in [0, 0.05) is 23.8 Å². The number of halogens is 1. The van der Waals surface area contributed by atoms with Gasteiger partial charge in [0.05, 0.1) is 10.7 Å². The van der Waals surface area contributed by atoms with Gasteiger partial charge in [-0.2, -0.15) is 11.8 Å². The molecule has 4 rings (SSSR count). The molecule has 122 valence electrons. The Hall–Kier alpha value is -2.18. The molecule has 3 aromatic rings. The van der Waals surface area contributed by atoms with E-state index in [0.29, 0.717) is 27.9 Å². The number of fused-ring (bicyclic) bond motifs is 2. The highest BCUT2D eigenvalue weighted by Gasteiger charge is 2.18. The summed E-state index contributed by atoms with van der Waals surface area (Å²) in [4.78, 5) is 16.6. The van der Waals surface area contributed by atoms with Crippen LogP contribution in [0.4, 0.5) is 0 Å². The second kappa shape index (κ2) is 6.37. The van der Waals surface area contributed by atoms with E-state index in [0.717, 1.165) is 17.0 Å². The van der Waals surface area contributed by atoms with Crippen molar-refractivity contribution >= 4 is 29.0 Å². The van der Waals surface area contributed by atoms with Gasteiger partial charge in [0.1, 0.15) is 5.65 Å². The van der Waals surface area contributed by atoms with Gasteiger partial charge in [-0.15, -0.1) is 0 Å². The van der Waals surface area contributed by atoms with Gasteiger partial charge >= 0.3 is 0 Å². The lowest BCUT2D eigenvalue weighted by Crippen LogP contribution is -2.14. The molecule has 7 heteroatoms. The van der Waals surface area contributed by atoms with Gasteiger partial charge in [-0.3, -0.25) is 9.20 Å². The molecule has 0 fully saturated rings. The van der Waals surface area contributed by atoms with Crippen molar-refractivity contribution in [2.75, 3.05) is 6.79 Å². The van der Waals surface area contributed by atoms with Crippen LogP contribution in [0.15, 0.2) is 47.4 Å². The predicted molar refractivity (Wildman–Crippen MR) is 94.0 cm³/mol. The lowest BCUT2D eigenvalue weighted by Gasteiger charge is -2.06. The molecule has 0 aliphatic carbocycles. The smallest absolute Gasteiger partial charge is 0.258 e. The molecule has 0 saturated heterocycles. The van der Waals surface area contributed by atoms with Crippen LogP contribution in [0, 0.1) is 0 Å². The molecule has 0 spiro atoms. The summed E-state index contributed by atoms with van der Waals surface area (Å²) in [6.45, 7) is 0.205. The van der Waals surface area contributed by atoms with Gasteiger partial charge in [0.2, 0.25) is 6.79 Å². The maximum atomic E-state index is 12.1. The van der Waals surface area contributed by atoms with Crippen molar-refractivity contribution in [3.05, 3.63) is 69.2 Å². The molecule has 0 bridgehead atoms. The Bertz CT molecular complexity index is 974. The largest absolute Gasteiger partial charge is 0.454 e. The molecule has 0 unspecified atom stereocenters. The normalized spacial score (nSPS) is 12.7. The molecular formula is C17H13ClN2O3S. The quantitative estimate of drug-likeness (QED) is 0.712. The summed E-state index contributed by atoms with van der Waals surface area (Å²) >= 11 is 7.85. The van der Waals surface area contributed by atoms with Gasteiger partial charge < -0.3 is 9.47 Å². The van der Waals surface area contributed by atoms with E-state index >= 15 is 0 Å². The number of nitrogens with zero attached hydrogens (tertiary/aromatic N) is 2. The van der Waals surface area contributed by atoms with Crippen LogP contribution in [0.25, 0.3) is 5.65 Å². The molecule has 0 amide bonds. The molecule has 0 radical (unpaired) electrons. The number of hydrogen-bond acceptors (Lipinski definition) is 5. The van der Waals surface area contributed by atoms with Gasteiger partial charge in [0.15, 0.2) is 11.5 Å². The monoisotopic (exact) mass is 360 g/mol. The highest BCUT2D eigenvalue weighted by molar-refractivity contribution is 7.97. The van der Waals surface area contributed by atoms with Crippen molar-refractivity contribution in [1.82, 2.24) is 9.38 Å². The van der Waals surface area contributed by atoms with Gasteiger partial charge in [-0.25, -0.2) is 4.98 Å². The fraction of sp³-hybridized carbons (Fsp3) is 0.176. The zero-order valence-corrected chi connectivity index (χ0v) is 14.1. The fourth-order valence-corrected chi connectivity index (χ4v) is 3.70. The number of pyridine rings is 1. The number of aromatic nitrogens is 2. The molecule has 3 heterocycles. The van der Waals surface area contributed by atoms with E-state index in [1.165, 1.54) is 4.40 Å². The Kier molecular flexibility index (Phi) is 4.08. The molecule has 1 aliphatic heterocycles. The van der Waals surface area contributed by atoms with Crippen molar-refractivity contribution in [1.29, 1.82) is 0 Å². The standard InChI is InChI=1S/C17H13ClN2O3S/c18-13-5-11(6-14-17(13)23-10-22-14)8-24-9-12-7-16(21)20-4-2-1-3-15(20)19-12/h1-7H,8-10H2. The second-order valence-electron chi connectivity index (χ2n) is 5.32. The van der Waals surface area contributed by atoms with Crippen LogP contribution >= 0.6 is 23.4 Å². The Labute approximate surface area is 147 Å². The maximum absolute atomic E-state index is 12.1. The lowest BCUT2D eigenvalue weighted by atomic mass is 10.2. The van der Waals surface area contributed by atoms with E-state index in [-0.39, 0.29) is 12.4 Å². The first-order chi connectivity index (χ1) is 11.7. The highest BCUT2D eigenvalue weighted by atomic mass is 35.5. The molecule has 1 aliphatic rings. The molecule has 1 aromatic carbocycles. The Morgan fingerprint density at radius 2 is 2.12 bits per heavy atom. The van der Waals surface area contributed by atoms with E-state index in [1.54, 1.807) is 24.0 Å². The van der Waals surface area contributed by atoms with E-state index in [2.05, 4.69) is 4.98 Å². The third kappa shape index (κ3) is 2.95. The molecule has 24 heavy (non-hydrogen) atoms. The maximum Gasteiger partial charge on any atom is 0.258 e. The summed E-state index contributed by atoms with van der Waals surface area (Å²) in [5.41, 5.74) is 2.41. The lowest BCUT2D eigenvalue weighted by molar-refractivity contribution is 0.174. The SMILES string of the molecule is O=c1cc(CSCc2cc(Cl)c3c(c2)OCO3)nc2ccccn12.